The zero-order chi connectivity index (χ0) is 22.0. The quantitative estimate of drug-likeness (QED) is 0.234. The van der Waals surface area contributed by atoms with Crippen LogP contribution in [0.3, 0.4) is 0 Å². The predicted octanol–water partition coefficient (Wildman–Crippen LogP) is 2.90. The third-order valence-electron chi connectivity index (χ3n) is 4.38. The van der Waals surface area contributed by atoms with Crippen LogP contribution in [-0.2, 0) is 32.2 Å². The summed E-state index contributed by atoms with van der Waals surface area (Å²) in [5.41, 5.74) is 1.59. The van der Waals surface area contributed by atoms with Crippen LogP contribution < -0.4 is 0 Å². The molecule has 1 aliphatic heterocycles. The fraction of sp³-hybridized carbons (Fsp3) is 0.158. The number of ether oxygens (including phenoxy) is 3. The van der Waals surface area contributed by atoms with Gasteiger partial charge in [-0.3, -0.25) is 10.1 Å². The van der Waals surface area contributed by atoms with E-state index in [2.05, 4.69) is 15.0 Å². The second kappa shape index (κ2) is 8.40. The molecule has 31 heavy (non-hydrogen) atoms. The van der Waals surface area contributed by atoms with E-state index in [1.165, 1.54) is 25.6 Å². The van der Waals surface area contributed by atoms with Crippen LogP contribution >= 0.6 is 11.6 Å². The number of hydrogen-bond donors (Lipinski definition) is 0. The molecule has 3 aromatic rings. The van der Waals surface area contributed by atoms with Crippen molar-refractivity contribution in [3.05, 3.63) is 81.1 Å². The van der Waals surface area contributed by atoms with E-state index < -0.39 is 10.9 Å². The van der Waals surface area contributed by atoms with Crippen LogP contribution in [0.2, 0.25) is 5.15 Å². The molecule has 0 radical (unpaired) electrons. The normalized spacial score (nSPS) is 14.9. The maximum Gasteiger partial charge on any atom is 0.383 e. The van der Waals surface area contributed by atoms with Crippen molar-refractivity contribution in [3.8, 4) is 0 Å². The number of imidazole rings is 1. The van der Waals surface area contributed by atoms with Gasteiger partial charge < -0.3 is 18.8 Å². The third kappa shape index (κ3) is 4.03. The summed E-state index contributed by atoms with van der Waals surface area (Å²) in [6, 6.07) is 5.79. The number of fused-ring (bicyclic) bond motifs is 1. The summed E-state index contributed by atoms with van der Waals surface area (Å²) in [5.74, 6) is -0.462. The summed E-state index contributed by atoms with van der Waals surface area (Å²) in [4.78, 5) is 34.7. The fourth-order valence-electron chi connectivity index (χ4n) is 2.89. The number of non-ortho nitro benzene ring substituents is 1. The van der Waals surface area contributed by atoms with Gasteiger partial charge in [0.15, 0.2) is 16.6 Å². The van der Waals surface area contributed by atoms with Gasteiger partial charge in [0.05, 0.1) is 18.4 Å². The van der Waals surface area contributed by atoms with Gasteiger partial charge in [-0.25, -0.2) is 19.7 Å². The molecule has 0 unspecified atom stereocenters. The van der Waals surface area contributed by atoms with Crippen LogP contribution in [0.25, 0.3) is 11.2 Å². The maximum atomic E-state index is 12.3. The van der Waals surface area contributed by atoms with Gasteiger partial charge in [0.25, 0.3) is 11.4 Å². The van der Waals surface area contributed by atoms with Gasteiger partial charge >= 0.3 is 5.97 Å². The van der Waals surface area contributed by atoms with Gasteiger partial charge in [0, 0.05) is 18.7 Å². The van der Waals surface area contributed by atoms with Gasteiger partial charge in [-0.2, -0.15) is 0 Å². The standard InChI is InChI=1S/C19H14ClN5O6/c1-29-15-13(6-7-24-10-23-14-17(20)21-9-22-18(14)24)31-19(26)16(15)30-8-11-2-4-12(5-3-11)25(27)28/h2-6,9-10H,7-8H2,1H3/b13-6-. The van der Waals surface area contributed by atoms with Gasteiger partial charge in [-0.15, -0.1) is 0 Å². The number of benzene rings is 1. The van der Waals surface area contributed by atoms with Gasteiger partial charge in [0.1, 0.15) is 18.5 Å². The number of rotatable bonds is 7. The first-order valence-corrected chi connectivity index (χ1v) is 9.24. The predicted molar refractivity (Wildman–Crippen MR) is 106 cm³/mol. The molecule has 12 heteroatoms. The zero-order valence-corrected chi connectivity index (χ0v) is 16.8. The number of nitro benzene ring substituents is 1. The molecule has 0 amide bonds. The van der Waals surface area contributed by atoms with Crippen molar-refractivity contribution in [2.24, 2.45) is 0 Å². The van der Waals surface area contributed by atoms with Crippen molar-refractivity contribution < 1.29 is 23.9 Å². The average Bonchev–Trinajstić information content (AvgIpc) is 3.32. The number of cyclic esters (lactones) is 1. The van der Waals surface area contributed by atoms with Crippen LogP contribution in [0.15, 0.2) is 60.3 Å². The number of allylic oxidation sites excluding steroid dienone is 1. The van der Waals surface area contributed by atoms with E-state index in [-0.39, 0.29) is 41.3 Å². The summed E-state index contributed by atoms with van der Waals surface area (Å²) in [5, 5.41) is 11.0. The average molecular weight is 444 g/mol. The first-order chi connectivity index (χ1) is 15.0. The highest BCUT2D eigenvalue weighted by molar-refractivity contribution is 6.33. The first kappa shape index (κ1) is 20.3. The van der Waals surface area contributed by atoms with Gasteiger partial charge in [-0.1, -0.05) is 11.6 Å². The molecule has 0 N–H and O–H groups in total. The second-order valence-electron chi connectivity index (χ2n) is 6.27. The van der Waals surface area contributed by atoms with Crippen molar-refractivity contribution in [2.75, 3.05) is 7.11 Å². The minimum Gasteiger partial charge on any atom is -0.490 e. The minimum absolute atomic E-state index is 0.00411. The van der Waals surface area contributed by atoms with E-state index >= 15 is 0 Å². The van der Waals surface area contributed by atoms with Crippen LogP contribution in [0.4, 0.5) is 5.69 Å². The number of aromatic nitrogens is 4. The summed E-state index contributed by atoms with van der Waals surface area (Å²) >= 11 is 6.00. The molecule has 1 aliphatic rings. The molecule has 0 saturated heterocycles. The molecular formula is C19H14ClN5O6. The number of hydrogen-bond acceptors (Lipinski definition) is 9. The highest BCUT2D eigenvalue weighted by Crippen LogP contribution is 2.29. The highest BCUT2D eigenvalue weighted by Gasteiger charge is 2.33. The Labute approximate surface area is 179 Å². The Morgan fingerprint density at radius 1 is 1.23 bits per heavy atom. The second-order valence-corrected chi connectivity index (χ2v) is 6.62. The lowest BCUT2D eigenvalue weighted by atomic mass is 10.2. The van der Waals surface area contributed by atoms with Crippen LogP contribution in [0, 0.1) is 10.1 Å². The SMILES string of the molecule is COC1=C(OCc2ccc([N+](=O)[O-])cc2)C(=O)O/C1=C\Cn1cnc2c(Cl)ncnc21. The van der Waals surface area contributed by atoms with E-state index in [1.54, 1.807) is 29.1 Å². The fourth-order valence-corrected chi connectivity index (χ4v) is 3.06. The van der Waals surface area contributed by atoms with Crippen molar-refractivity contribution in [1.29, 1.82) is 0 Å². The molecule has 0 bridgehead atoms. The Morgan fingerprint density at radius 3 is 2.71 bits per heavy atom. The zero-order valence-electron chi connectivity index (χ0n) is 16.0. The van der Waals surface area contributed by atoms with E-state index in [9.17, 15) is 14.9 Å². The van der Waals surface area contributed by atoms with E-state index in [1.807, 2.05) is 0 Å². The minimum atomic E-state index is -0.703. The molecule has 3 heterocycles. The van der Waals surface area contributed by atoms with Crippen LogP contribution in [0.5, 0.6) is 0 Å². The molecular weight excluding hydrogens is 430 g/mol. The number of nitro groups is 1. The van der Waals surface area contributed by atoms with Gasteiger partial charge in [-0.05, 0) is 23.8 Å². The number of esters is 1. The maximum absolute atomic E-state index is 12.3. The Morgan fingerprint density at radius 2 is 2.00 bits per heavy atom. The topological polar surface area (TPSA) is 132 Å². The molecule has 2 aromatic heterocycles. The van der Waals surface area contributed by atoms with Crippen molar-refractivity contribution in [2.45, 2.75) is 13.2 Å². The van der Waals surface area contributed by atoms with Crippen molar-refractivity contribution >= 4 is 34.4 Å². The highest BCUT2D eigenvalue weighted by atomic mass is 35.5. The van der Waals surface area contributed by atoms with Crippen molar-refractivity contribution in [1.82, 2.24) is 19.5 Å². The summed E-state index contributed by atoms with van der Waals surface area (Å²) in [7, 11) is 1.39. The molecule has 0 atom stereocenters. The number of methoxy groups -OCH3 is 1. The lowest BCUT2D eigenvalue weighted by Crippen LogP contribution is -2.04. The molecule has 4 rings (SSSR count). The lowest BCUT2D eigenvalue weighted by Gasteiger charge is -2.06. The number of nitrogens with zero attached hydrogens (tertiary/aromatic N) is 5. The van der Waals surface area contributed by atoms with Gasteiger partial charge in [0.2, 0.25) is 5.76 Å². The number of carbonyl (C=O) groups excluding carboxylic acids is 1. The molecule has 11 nitrogen and oxygen atoms in total. The number of carbonyl (C=O) groups is 1. The Balaban J connectivity index is 1.52. The Hall–Kier alpha value is -3.99. The molecule has 0 aliphatic carbocycles. The molecule has 0 saturated carbocycles. The summed E-state index contributed by atoms with van der Waals surface area (Å²) in [6.07, 6.45) is 4.49. The molecule has 0 fully saturated rings. The first-order valence-electron chi connectivity index (χ1n) is 8.86. The van der Waals surface area contributed by atoms with Crippen LogP contribution in [0.1, 0.15) is 5.56 Å². The van der Waals surface area contributed by atoms with Crippen molar-refractivity contribution in [3.63, 3.8) is 0 Å². The smallest absolute Gasteiger partial charge is 0.383 e. The van der Waals surface area contributed by atoms with Crippen LogP contribution in [-0.4, -0.2) is 37.5 Å². The third-order valence-corrected chi connectivity index (χ3v) is 4.66. The summed E-state index contributed by atoms with van der Waals surface area (Å²) < 4.78 is 17.8. The van der Waals surface area contributed by atoms with E-state index in [0.29, 0.717) is 16.7 Å². The molecule has 0 spiro atoms. The van der Waals surface area contributed by atoms with E-state index in [0.717, 1.165) is 0 Å². The Bertz CT molecular complexity index is 1230. The number of halogens is 1. The molecule has 1 aromatic carbocycles. The largest absolute Gasteiger partial charge is 0.490 e. The monoisotopic (exact) mass is 443 g/mol. The molecule has 158 valence electrons. The summed E-state index contributed by atoms with van der Waals surface area (Å²) in [6.45, 7) is 0.277. The lowest BCUT2D eigenvalue weighted by molar-refractivity contribution is -0.384. The van der Waals surface area contributed by atoms with E-state index in [4.69, 9.17) is 25.8 Å². The Kier molecular flexibility index (Phi) is 5.50.